The highest BCUT2D eigenvalue weighted by molar-refractivity contribution is 7.98. The van der Waals surface area contributed by atoms with Crippen LogP contribution in [0.15, 0.2) is 36.5 Å². The first kappa shape index (κ1) is 22.0. The summed E-state index contributed by atoms with van der Waals surface area (Å²) in [6, 6.07) is 9.54. The monoisotopic (exact) mass is 375 g/mol. The van der Waals surface area contributed by atoms with Gasteiger partial charge >= 0.3 is 0 Å². The van der Waals surface area contributed by atoms with Crippen LogP contribution in [0.2, 0.25) is 0 Å². The largest absolute Gasteiger partial charge is 0.340 e. The van der Waals surface area contributed by atoms with Gasteiger partial charge in [0, 0.05) is 25.2 Å². The standard InChI is InChI=1S/C16H21N3OS.2ClH/c1-19(16(20)14(17)8-10-21-2)11-13-6-3-5-12-7-4-9-18-15(12)13;;/h3-7,9,14H,8,10-11,17H2,1-2H3;2*1H/t14-;;/m0../s1. The molecule has 0 unspecified atom stereocenters. The quantitative estimate of drug-likeness (QED) is 0.842. The number of carbonyl (C=O) groups excluding carboxylic acids is 1. The number of fused-ring (bicyclic) bond motifs is 1. The third-order valence-electron chi connectivity index (χ3n) is 3.45. The third-order valence-corrected chi connectivity index (χ3v) is 4.09. The van der Waals surface area contributed by atoms with Gasteiger partial charge in [0.05, 0.1) is 11.6 Å². The normalized spacial score (nSPS) is 11.3. The van der Waals surface area contributed by atoms with E-state index in [1.165, 1.54) is 0 Å². The second-order valence-corrected chi connectivity index (χ2v) is 6.06. The molecular formula is C16H23Cl2N3OS. The molecule has 0 aliphatic carbocycles. The minimum absolute atomic E-state index is 0. The van der Waals surface area contributed by atoms with Gasteiger partial charge in [0.15, 0.2) is 0 Å². The molecule has 1 atom stereocenters. The first-order valence-corrected chi connectivity index (χ1v) is 8.35. The van der Waals surface area contributed by atoms with Crippen LogP contribution in [0.4, 0.5) is 0 Å². The number of pyridine rings is 1. The van der Waals surface area contributed by atoms with Crippen molar-refractivity contribution in [2.75, 3.05) is 19.1 Å². The van der Waals surface area contributed by atoms with Gasteiger partial charge in [-0.3, -0.25) is 9.78 Å². The average molecular weight is 376 g/mol. The van der Waals surface area contributed by atoms with Crippen LogP contribution in [0, 0.1) is 0 Å². The van der Waals surface area contributed by atoms with Gasteiger partial charge in [-0.1, -0.05) is 24.3 Å². The molecule has 0 saturated carbocycles. The predicted octanol–water partition coefficient (Wildman–Crippen LogP) is 3.12. The van der Waals surface area contributed by atoms with Gasteiger partial charge in [0.1, 0.15) is 0 Å². The summed E-state index contributed by atoms with van der Waals surface area (Å²) in [6.07, 6.45) is 4.50. The Hall–Kier alpha value is -1.01. The van der Waals surface area contributed by atoms with Gasteiger partial charge in [-0.2, -0.15) is 11.8 Å². The Labute approximate surface area is 154 Å². The van der Waals surface area contributed by atoms with Crippen LogP contribution >= 0.6 is 36.6 Å². The van der Waals surface area contributed by atoms with Crippen LogP contribution in [-0.4, -0.2) is 40.9 Å². The second-order valence-electron chi connectivity index (χ2n) is 5.07. The van der Waals surface area contributed by atoms with Crippen molar-refractivity contribution in [3.63, 3.8) is 0 Å². The Balaban J connectivity index is 0.00000242. The van der Waals surface area contributed by atoms with Crippen molar-refractivity contribution in [1.82, 2.24) is 9.88 Å². The molecule has 4 nitrogen and oxygen atoms in total. The Morgan fingerprint density at radius 2 is 2.00 bits per heavy atom. The number of carbonyl (C=O) groups is 1. The van der Waals surface area contributed by atoms with E-state index < -0.39 is 6.04 Å². The molecule has 0 aliphatic rings. The number of para-hydroxylation sites is 1. The van der Waals surface area contributed by atoms with E-state index in [4.69, 9.17) is 5.73 Å². The summed E-state index contributed by atoms with van der Waals surface area (Å²) in [5.41, 5.74) is 7.93. The highest BCUT2D eigenvalue weighted by Gasteiger charge is 2.18. The highest BCUT2D eigenvalue weighted by atomic mass is 35.5. The molecule has 0 radical (unpaired) electrons. The summed E-state index contributed by atoms with van der Waals surface area (Å²) in [6.45, 7) is 0.528. The number of hydrogen-bond donors (Lipinski definition) is 1. The summed E-state index contributed by atoms with van der Waals surface area (Å²) in [7, 11) is 1.79. The summed E-state index contributed by atoms with van der Waals surface area (Å²) < 4.78 is 0. The Morgan fingerprint density at radius 3 is 2.70 bits per heavy atom. The number of thioether (sulfide) groups is 1. The fourth-order valence-corrected chi connectivity index (χ4v) is 2.77. The zero-order valence-electron chi connectivity index (χ0n) is 13.3. The van der Waals surface area contributed by atoms with Crippen LogP contribution in [-0.2, 0) is 11.3 Å². The molecule has 2 N–H and O–H groups in total. The fourth-order valence-electron chi connectivity index (χ4n) is 2.28. The van der Waals surface area contributed by atoms with Crippen LogP contribution in [0.3, 0.4) is 0 Å². The molecule has 1 amide bonds. The van der Waals surface area contributed by atoms with Crippen LogP contribution < -0.4 is 5.73 Å². The van der Waals surface area contributed by atoms with Gasteiger partial charge in [0.2, 0.25) is 5.91 Å². The van der Waals surface area contributed by atoms with Crippen molar-refractivity contribution in [2.24, 2.45) is 5.73 Å². The number of likely N-dealkylation sites (N-methyl/N-ethyl adjacent to an activating group) is 1. The first-order chi connectivity index (χ1) is 10.1. The second kappa shape index (κ2) is 10.7. The molecule has 0 bridgehead atoms. The molecule has 2 aromatic rings. The summed E-state index contributed by atoms with van der Waals surface area (Å²) in [5.74, 6) is 0.883. The van der Waals surface area contributed by atoms with Crippen LogP contribution in [0.5, 0.6) is 0 Å². The lowest BCUT2D eigenvalue weighted by molar-refractivity contribution is -0.131. The van der Waals surface area contributed by atoms with Gasteiger partial charge in [0.25, 0.3) is 0 Å². The Morgan fingerprint density at radius 1 is 1.30 bits per heavy atom. The van der Waals surface area contributed by atoms with E-state index in [0.717, 1.165) is 22.2 Å². The fraction of sp³-hybridized carbons (Fsp3) is 0.375. The molecule has 1 aromatic carbocycles. The molecule has 1 heterocycles. The summed E-state index contributed by atoms with van der Waals surface area (Å²) >= 11 is 1.70. The van der Waals surface area contributed by atoms with Crippen molar-refractivity contribution >= 4 is 53.4 Å². The third kappa shape index (κ3) is 5.84. The zero-order valence-corrected chi connectivity index (χ0v) is 15.7. The number of benzene rings is 1. The minimum Gasteiger partial charge on any atom is -0.340 e. The van der Waals surface area contributed by atoms with Crippen molar-refractivity contribution in [3.8, 4) is 0 Å². The van der Waals surface area contributed by atoms with E-state index in [1.54, 1.807) is 29.9 Å². The molecule has 0 aliphatic heterocycles. The van der Waals surface area contributed by atoms with E-state index in [1.807, 2.05) is 36.6 Å². The summed E-state index contributed by atoms with van der Waals surface area (Å²) in [5, 5.41) is 1.09. The molecular weight excluding hydrogens is 353 g/mol. The Bertz CT molecular complexity index is 622. The van der Waals surface area contributed by atoms with Gasteiger partial charge < -0.3 is 10.6 Å². The highest BCUT2D eigenvalue weighted by Crippen LogP contribution is 2.17. The summed E-state index contributed by atoms with van der Waals surface area (Å²) in [4.78, 5) is 18.4. The van der Waals surface area contributed by atoms with E-state index in [9.17, 15) is 4.79 Å². The predicted molar refractivity (Wildman–Crippen MR) is 104 cm³/mol. The van der Waals surface area contributed by atoms with E-state index in [-0.39, 0.29) is 30.7 Å². The lowest BCUT2D eigenvalue weighted by Crippen LogP contribution is -2.41. The van der Waals surface area contributed by atoms with Gasteiger partial charge in [-0.25, -0.2) is 0 Å². The molecule has 1 aromatic heterocycles. The molecule has 128 valence electrons. The molecule has 0 saturated heterocycles. The van der Waals surface area contributed by atoms with Crippen LogP contribution in [0.25, 0.3) is 10.9 Å². The molecule has 0 spiro atoms. The number of rotatable bonds is 6. The lowest BCUT2D eigenvalue weighted by Gasteiger charge is -2.21. The van der Waals surface area contributed by atoms with Gasteiger partial charge in [-0.15, -0.1) is 24.8 Å². The first-order valence-electron chi connectivity index (χ1n) is 6.95. The average Bonchev–Trinajstić information content (AvgIpc) is 2.52. The van der Waals surface area contributed by atoms with Crippen molar-refractivity contribution in [2.45, 2.75) is 19.0 Å². The number of halogens is 2. The van der Waals surface area contributed by atoms with E-state index in [0.29, 0.717) is 13.0 Å². The number of hydrogen-bond acceptors (Lipinski definition) is 4. The maximum atomic E-state index is 12.3. The SMILES string of the molecule is CSCC[C@H](N)C(=O)N(C)Cc1cccc2cccnc12.Cl.Cl. The molecule has 0 fully saturated rings. The number of amides is 1. The van der Waals surface area contributed by atoms with Crippen molar-refractivity contribution in [3.05, 3.63) is 42.1 Å². The zero-order chi connectivity index (χ0) is 15.2. The topological polar surface area (TPSA) is 59.2 Å². The molecule has 7 heteroatoms. The number of aromatic nitrogens is 1. The van der Waals surface area contributed by atoms with Gasteiger partial charge in [-0.05, 0) is 30.1 Å². The Kier molecular flexibility index (Phi) is 10.2. The van der Waals surface area contributed by atoms with E-state index in [2.05, 4.69) is 4.98 Å². The minimum atomic E-state index is -0.426. The number of nitrogens with zero attached hydrogens (tertiary/aromatic N) is 2. The molecule has 23 heavy (non-hydrogen) atoms. The maximum Gasteiger partial charge on any atom is 0.239 e. The molecule has 2 rings (SSSR count). The van der Waals surface area contributed by atoms with Crippen molar-refractivity contribution in [1.29, 1.82) is 0 Å². The van der Waals surface area contributed by atoms with Crippen molar-refractivity contribution < 1.29 is 4.79 Å². The maximum absolute atomic E-state index is 12.3. The number of nitrogens with two attached hydrogens (primary N) is 1. The van der Waals surface area contributed by atoms with E-state index >= 15 is 0 Å². The smallest absolute Gasteiger partial charge is 0.239 e. The lowest BCUT2D eigenvalue weighted by atomic mass is 10.1. The van der Waals surface area contributed by atoms with Crippen LogP contribution in [0.1, 0.15) is 12.0 Å².